The van der Waals surface area contributed by atoms with E-state index in [-0.39, 0.29) is 11.6 Å². The second-order valence-corrected chi connectivity index (χ2v) is 3.15. The largest absolute Gasteiger partial charge is 0.480 e. The maximum Gasteiger partial charge on any atom is 0.326 e. The summed E-state index contributed by atoms with van der Waals surface area (Å²) in [5.74, 6) is -1.38. The molecule has 0 radical (unpaired) electrons. The van der Waals surface area contributed by atoms with Gasteiger partial charge in [-0.3, -0.25) is 9.89 Å². The normalized spacial score (nSPS) is 12.1. The van der Waals surface area contributed by atoms with Crippen molar-refractivity contribution >= 4 is 11.9 Å². The van der Waals surface area contributed by atoms with Crippen LogP contribution in [0.15, 0.2) is 12.3 Å². The molecule has 1 aromatic heterocycles. The standard InChI is InChI=1S/C9H13N3O3/c1-3-7(9(14)15)12(2)8(13)6-4-5-10-11-6/h4-5,7H,3H2,1-2H3,(H,10,11)(H,14,15). The van der Waals surface area contributed by atoms with Crippen LogP contribution in [0.2, 0.25) is 0 Å². The van der Waals surface area contributed by atoms with Gasteiger partial charge in [-0.1, -0.05) is 6.92 Å². The van der Waals surface area contributed by atoms with E-state index in [9.17, 15) is 9.59 Å². The first-order chi connectivity index (χ1) is 7.07. The van der Waals surface area contributed by atoms with Gasteiger partial charge in [0.2, 0.25) is 0 Å². The molecular weight excluding hydrogens is 198 g/mol. The summed E-state index contributed by atoms with van der Waals surface area (Å²) in [6.45, 7) is 1.72. The number of carbonyl (C=O) groups is 2. The number of aromatic nitrogens is 2. The predicted octanol–water partition coefficient (Wildman–Crippen LogP) is 0.345. The van der Waals surface area contributed by atoms with Gasteiger partial charge in [0, 0.05) is 13.2 Å². The van der Waals surface area contributed by atoms with Gasteiger partial charge >= 0.3 is 5.97 Å². The van der Waals surface area contributed by atoms with Gasteiger partial charge in [-0.2, -0.15) is 5.10 Å². The average molecular weight is 211 g/mol. The number of rotatable bonds is 4. The van der Waals surface area contributed by atoms with Crippen molar-refractivity contribution in [3.8, 4) is 0 Å². The van der Waals surface area contributed by atoms with Crippen LogP contribution >= 0.6 is 0 Å². The van der Waals surface area contributed by atoms with E-state index in [1.165, 1.54) is 24.2 Å². The Morgan fingerprint density at radius 3 is 2.73 bits per heavy atom. The van der Waals surface area contributed by atoms with E-state index in [4.69, 9.17) is 5.11 Å². The lowest BCUT2D eigenvalue weighted by Crippen LogP contribution is -2.42. The second kappa shape index (κ2) is 4.59. The number of carboxylic acid groups (broad SMARTS) is 1. The number of nitrogens with zero attached hydrogens (tertiary/aromatic N) is 2. The van der Waals surface area contributed by atoms with E-state index in [1.54, 1.807) is 6.92 Å². The van der Waals surface area contributed by atoms with Gasteiger partial charge < -0.3 is 10.0 Å². The number of hydrogen-bond acceptors (Lipinski definition) is 3. The minimum Gasteiger partial charge on any atom is -0.480 e. The van der Waals surface area contributed by atoms with Crippen molar-refractivity contribution < 1.29 is 14.7 Å². The summed E-state index contributed by atoms with van der Waals surface area (Å²) in [5, 5.41) is 15.0. The highest BCUT2D eigenvalue weighted by Crippen LogP contribution is 2.06. The molecule has 1 rings (SSSR count). The number of carbonyl (C=O) groups excluding carboxylic acids is 1. The van der Waals surface area contributed by atoms with Gasteiger partial charge in [0.15, 0.2) is 0 Å². The lowest BCUT2D eigenvalue weighted by molar-refractivity contribution is -0.142. The SMILES string of the molecule is CCC(C(=O)O)N(C)C(=O)c1ccn[nH]1. The molecule has 0 aromatic carbocycles. The first-order valence-corrected chi connectivity index (χ1v) is 4.57. The van der Waals surface area contributed by atoms with Crippen LogP contribution in [0, 0.1) is 0 Å². The predicted molar refractivity (Wildman–Crippen MR) is 52.4 cm³/mol. The van der Waals surface area contributed by atoms with Crippen molar-refractivity contribution in [3.63, 3.8) is 0 Å². The van der Waals surface area contributed by atoms with E-state index >= 15 is 0 Å². The molecule has 0 spiro atoms. The van der Waals surface area contributed by atoms with Gasteiger partial charge in [-0.15, -0.1) is 0 Å². The Bertz CT molecular complexity index is 347. The number of amides is 1. The molecule has 0 saturated heterocycles. The summed E-state index contributed by atoms with van der Waals surface area (Å²) >= 11 is 0. The van der Waals surface area contributed by atoms with Gasteiger partial charge in [-0.05, 0) is 12.5 Å². The molecule has 0 aliphatic heterocycles. The number of nitrogens with one attached hydrogen (secondary N) is 1. The number of aliphatic carboxylic acids is 1. The Balaban J connectivity index is 2.80. The van der Waals surface area contributed by atoms with Crippen molar-refractivity contribution in [1.29, 1.82) is 0 Å². The Kier molecular flexibility index (Phi) is 3.43. The Labute approximate surface area is 86.9 Å². The van der Waals surface area contributed by atoms with Crippen molar-refractivity contribution in [2.45, 2.75) is 19.4 Å². The zero-order chi connectivity index (χ0) is 11.4. The quantitative estimate of drug-likeness (QED) is 0.752. The van der Waals surface area contributed by atoms with Gasteiger partial charge in [-0.25, -0.2) is 4.79 Å². The zero-order valence-electron chi connectivity index (χ0n) is 8.60. The number of carboxylic acids is 1. The van der Waals surface area contributed by atoms with Crippen molar-refractivity contribution in [2.24, 2.45) is 0 Å². The highest BCUT2D eigenvalue weighted by molar-refractivity contribution is 5.94. The molecule has 0 aliphatic rings. The van der Waals surface area contributed by atoms with E-state index in [1.807, 2.05) is 0 Å². The first kappa shape index (κ1) is 11.2. The van der Waals surface area contributed by atoms with Gasteiger partial charge in [0.05, 0.1) is 0 Å². The van der Waals surface area contributed by atoms with Crippen LogP contribution in [0.5, 0.6) is 0 Å². The highest BCUT2D eigenvalue weighted by atomic mass is 16.4. The molecule has 0 saturated carbocycles. The van der Waals surface area contributed by atoms with Crippen LogP contribution in [0.3, 0.4) is 0 Å². The van der Waals surface area contributed by atoms with Crippen molar-refractivity contribution in [1.82, 2.24) is 15.1 Å². The van der Waals surface area contributed by atoms with Crippen molar-refractivity contribution in [2.75, 3.05) is 7.05 Å². The van der Waals surface area contributed by atoms with E-state index < -0.39 is 12.0 Å². The van der Waals surface area contributed by atoms with Gasteiger partial charge in [0.1, 0.15) is 11.7 Å². The van der Waals surface area contributed by atoms with Crippen LogP contribution in [0.25, 0.3) is 0 Å². The zero-order valence-corrected chi connectivity index (χ0v) is 8.60. The fourth-order valence-electron chi connectivity index (χ4n) is 1.32. The fraction of sp³-hybridized carbons (Fsp3) is 0.444. The van der Waals surface area contributed by atoms with E-state index in [0.717, 1.165) is 0 Å². The molecule has 2 N–H and O–H groups in total. The summed E-state index contributed by atoms with van der Waals surface area (Å²) in [6.07, 6.45) is 1.81. The maximum atomic E-state index is 11.7. The maximum absolute atomic E-state index is 11.7. The minimum atomic E-state index is -1.01. The Hall–Kier alpha value is -1.85. The van der Waals surface area contributed by atoms with Crippen LogP contribution in [-0.2, 0) is 4.79 Å². The molecule has 6 nitrogen and oxygen atoms in total. The Morgan fingerprint density at radius 2 is 2.33 bits per heavy atom. The summed E-state index contributed by atoms with van der Waals surface area (Å²) in [7, 11) is 1.46. The molecule has 0 bridgehead atoms. The third kappa shape index (κ3) is 2.34. The summed E-state index contributed by atoms with van der Waals surface area (Å²) in [5.41, 5.74) is 0.289. The number of hydrogen-bond donors (Lipinski definition) is 2. The Morgan fingerprint density at radius 1 is 1.67 bits per heavy atom. The molecule has 1 aromatic rings. The topological polar surface area (TPSA) is 86.3 Å². The number of aromatic amines is 1. The smallest absolute Gasteiger partial charge is 0.326 e. The molecule has 0 aliphatic carbocycles. The molecule has 1 unspecified atom stereocenters. The van der Waals surface area contributed by atoms with E-state index in [2.05, 4.69) is 10.2 Å². The molecule has 1 heterocycles. The number of H-pyrrole nitrogens is 1. The van der Waals surface area contributed by atoms with Crippen LogP contribution < -0.4 is 0 Å². The number of likely N-dealkylation sites (N-methyl/N-ethyl adjacent to an activating group) is 1. The molecule has 15 heavy (non-hydrogen) atoms. The fourth-order valence-corrected chi connectivity index (χ4v) is 1.32. The molecule has 1 amide bonds. The lowest BCUT2D eigenvalue weighted by Gasteiger charge is -2.22. The van der Waals surface area contributed by atoms with E-state index in [0.29, 0.717) is 6.42 Å². The minimum absolute atomic E-state index is 0.289. The third-order valence-corrected chi connectivity index (χ3v) is 2.19. The highest BCUT2D eigenvalue weighted by Gasteiger charge is 2.25. The average Bonchev–Trinajstić information content (AvgIpc) is 2.69. The molecular formula is C9H13N3O3. The first-order valence-electron chi connectivity index (χ1n) is 4.57. The van der Waals surface area contributed by atoms with Crippen LogP contribution in [0.1, 0.15) is 23.8 Å². The summed E-state index contributed by atoms with van der Waals surface area (Å²) in [4.78, 5) is 23.7. The van der Waals surface area contributed by atoms with Crippen molar-refractivity contribution in [3.05, 3.63) is 18.0 Å². The lowest BCUT2D eigenvalue weighted by atomic mass is 10.2. The summed E-state index contributed by atoms with van der Waals surface area (Å²) in [6, 6.07) is 0.703. The monoisotopic (exact) mass is 211 g/mol. The second-order valence-electron chi connectivity index (χ2n) is 3.15. The van der Waals surface area contributed by atoms with Crippen LogP contribution in [-0.4, -0.2) is 45.2 Å². The summed E-state index contributed by atoms with van der Waals surface area (Å²) < 4.78 is 0. The molecule has 6 heteroatoms. The molecule has 0 fully saturated rings. The molecule has 1 atom stereocenters. The molecule has 82 valence electrons. The third-order valence-electron chi connectivity index (χ3n) is 2.19. The van der Waals surface area contributed by atoms with Crippen LogP contribution in [0.4, 0.5) is 0 Å². The van der Waals surface area contributed by atoms with Gasteiger partial charge in [0.25, 0.3) is 5.91 Å².